The van der Waals surface area contributed by atoms with Crippen LogP contribution in [0.1, 0.15) is 12.1 Å². The van der Waals surface area contributed by atoms with Gasteiger partial charge >= 0.3 is 0 Å². The molecule has 1 aliphatic heterocycles. The number of rotatable bonds is 2. The van der Waals surface area contributed by atoms with Gasteiger partial charge in [0.2, 0.25) is 0 Å². The first kappa shape index (κ1) is 10.6. The maximum Gasteiger partial charge on any atom is 0.0945 e. The Morgan fingerprint density at radius 2 is 2.07 bits per heavy atom. The van der Waals surface area contributed by atoms with E-state index in [9.17, 15) is 0 Å². The summed E-state index contributed by atoms with van der Waals surface area (Å²) in [5.74, 6) is 0. The molecular weight excluding hydrogens is 188 g/mol. The van der Waals surface area contributed by atoms with Crippen molar-refractivity contribution in [2.24, 2.45) is 7.05 Å². The Bertz CT molecular complexity index is 307. The monoisotopic (exact) mass is 208 g/mol. The highest BCUT2D eigenvalue weighted by Crippen LogP contribution is 2.06. The molecule has 4 heteroatoms. The second-order valence-electron chi connectivity index (χ2n) is 4.43. The number of hydrogen-bond acceptors (Lipinski definition) is 3. The van der Waals surface area contributed by atoms with Gasteiger partial charge in [-0.3, -0.25) is 4.90 Å². The standard InChI is InChI=1S/C11H20N4/c1-13-4-3-5-15(7-6-13)9-11-8-12-10-14(11)2/h8,10H,3-7,9H2,1-2H3. The highest BCUT2D eigenvalue weighted by Gasteiger charge is 2.13. The number of imidazole rings is 1. The van der Waals surface area contributed by atoms with Crippen LogP contribution >= 0.6 is 0 Å². The van der Waals surface area contributed by atoms with E-state index in [1.54, 1.807) is 0 Å². The molecular formula is C11H20N4. The SMILES string of the molecule is CN1CCCN(Cc2cncn2C)CC1. The third-order valence-corrected chi connectivity index (χ3v) is 3.11. The minimum atomic E-state index is 1.03. The lowest BCUT2D eigenvalue weighted by Gasteiger charge is -2.19. The summed E-state index contributed by atoms with van der Waals surface area (Å²) in [4.78, 5) is 9.07. The Balaban J connectivity index is 1.92. The Kier molecular flexibility index (Phi) is 3.38. The minimum Gasteiger partial charge on any atom is -0.337 e. The Morgan fingerprint density at radius 3 is 2.80 bits per heavy atom. The lowest BCUT2D eigenvalue weighted by atomic mass is 10.3. The third kappa shape index (κ3) is 2.79. The summed E-state index contributed by atoms with van der Waals surface area (Å²) in [6, 6.07) is 0. The smallest absolute Gasteiger partial charge is 0.0945 e. The number of aryl methyl sites for hydroxylation is 1. The zero-order valence-corrected chi connectivity index (χ0v) is 9.69. The van der Waals surface area contributed by atoms with Gasteiger partial charge in [0, 0.05) is 32.9 Å². The van der Waals surface area contributed by atoms with Crippen molar-refractivity contribution in [3.05, 3.63) is 18.2 Å². The fraction of sp³-hybridized carbons (Fsp3) is 0.727. The summed E-state index contributed by atoms with van der Waals surface area (Å²) in [6.45, 7) is 5.81. The van der Waals surface area contributed by atoms with Crippen LogP contribution in [0, 0.1) is 0 Å². The van der Waals surface area contributed by atoms with E-state index in [4.69, 9.17) is 0 Å². The van der Waals surface area contributed by atoms with Gasteiger partial charge in [0.15, 0.2) is 0 Å². The van der Waals surface area contributed by atoms with Crippen molar-refractivity contribution in [2.75, 3.05) is 33.2 Å². The van der Waals surface area contributed by atoms with Crippen LogP contribution < -0.4 is 0 Å². The van der Waals surface area contributed by atoms with E-state index in [0.717, 1.165) is 6.54 Å². The van der Waals surface area contributed by atoms with Crippen molar-refractivity contribution >= 4 is 0 Å². The molecule has 0 aromatic carbocycles. The first-order valence-corrected chi connectivity index (χ1v) is 5.62. The van der Waals surface area contributed by atoms with Crippen molar-refractivity contribution in [2.45, 2.75) is 13.0 Å². The minimum absolute atomic E-state index is 1.03. The molecule has 0 bridgehead atoms. The first-order chi connectivity index (χ1) is 7.25. The summed E-state index contributed by atoms with van der Waals surface area (Å²) in [5, 5.41) is 0. The van der Waals surface area contributed by atoms with Crippen LogP contribution in [0.4, 0.5) is 0 Å². The zero-order valence-electron chi connectivity index (χ0n) is 9.69. The largest absolute Gasteiger partial charge is 0.337 e. The Labute approximate surface area is 91.5 Å². The fourth-order valence-electron chi connectivity index (χ4n) is 2.02. The summed E-state index contributed by atoms with van der Waals surface area (Å²) in [5.41, 5.74) is 1.31. The molecule has 2 heterocycles. The van der Waals surface area contributed by atoms with Gasteiger partial charge in [0.1, 0.15) is 0 Å². The predicted molar refractivity (Wildman–Crippen MR) is 60.6 cm³/mol. The second kappa shape index (κ2) is 4.77. The van der Waals surface area contributed by atoms with E-state index in [2.05, 4.69) is 33.4 Å². The molecule has 15 heavy (non-hydrogen) atoms. The van der Waals surface area contributed by atoms with E-state index >= 15 is 0 Å². The maximum absolute atomic E-state index is 4.15. The van der Waals surface area contributed by atoms with Crippen LogP contribution in [-0.2, 0) is 13.6 Å². The van der Waals surface area contributed by atoms with Crippen LogP contribution in [0.5, 0.6) is 0 Å². The van der Waals surface area contributed by atoms with Crippen molar-refractivity contribution in [1.82, 2.24) is 19.4 Å². The molecule has 0 N–H and O–H groups in total. The normalized spacial score (nSPS) is 20.4. The van der Waals surface area contributed by atoms with Gasteiger partial charge in [-0.25, -0.2) is 4.98 Å². The summed E-state index contributed by atoms with van der Waals surface area (Å²) in [7, 11) is 4.26. The molecule has 84 valence electrons. The molecule has 0 spiro atoms. The molecule has 1 aromatic rings. The topological polar surface area (TPSA) is 24.3 Å². The summed E-state index contributed by atoms with van der Waals surface area (Å²) in [6.07, 6.45) is 5.11. The number of aromatic nitrogens is 2. The summed E-state index contributed by atoms with van der Waals surface area (Å²) >= 11 is 0. The van der Waals surface area contributed by atoms with Crippen molar-refractivity contribution in [1.29, 1.82) is 0 Å². The van der Waals surface area contributed by atoms with Crippen LogP contribution in [0.25, 0.3) is 0 Å². The predicted octanol–water partition coefficient (Wildman–Crippen LogP) is 0.558. The highest BCUT2D eigenvalue weighted by atomic mass is 15.2. The molecule has 2 rings (SSSR count). The van der Waals surface area contributed by atoms with E-state index in [1.807, 2.05) is 12.5 Å². The van der Waals surface area contributed by atoms with Gasteiger partial charge < -0.3 is 9.47 Å². The highest BCUT2D eigenvalue weighted by molar-refractivity contribution is 4.97. The average molecular weight is 208 g/mol. The van der Waals surface area contributed by atoms with Crippen molar-refractivity contribution in [3.8, 4) is 0 Å². The lowest BCUT2D eigenvalue weighted by molar-refractivity contribution is 0.264. The lowest BCUT2D eigenvalue weighted by Crippen LogP contribution is -2.29. The Hall–Kier alpha value is -0.870. The van der Waals surface area contributed by atoms with Crippen LogP contribution in [0.2, 0.25) is 0 Å². The fourth-order valence-corrected chi connectivity index (χ4v) is 2.02. The van der Waals surface area contributed by atoms with Gasteiger partial charge in [-0.2, -0.15) is 0 Å². The van der Waals surface area contributed by atoms with E-state index < -0.39 is 0 Å². The molecule has 4 nitrogen and oxygen atoms in total. The van der Waals surface area contributed by atoms with Crippen LogP contribution in [0.15, 0.2) is 12.5 Å². The second-order valence-corrected chi connectivity index (χ2v) is 4.43. The molecule has 0 unspecified atom stereocenters. The van der Waals surface area contributed by atoms with Crippen molar-refractivity contribution in [3.63, 3.8) is 0 Å². The summed E-state index contributed by atoms with van der Waals surface area (Å²) < 4.78 is 2.11. The van der Waals surface area contributed by atoms with E-state index in [-0.39, 0.29) is 0 Å². The number of likely N-dealkylation sites (N-methyl/N-ethyl adjacent to an activating group) is 1. The number of hydrogen-bond donors (Lipinski definition) is 0. The van der Waals surface area contributed by atoms with Gasteiger partial charge in [-0.1, -0.05) is 0 Å². The van der Waals surface area contributed by atoms with Gasteiger partial charge in [-0.15, -0.1) is 0 Å². The average Bonchev–Trinajstić information content (AvgIpc) is 2.48. The molecule has 1 aromatic heterocycles. The molecule has 0 amide bonds. The molecule has 0 atom stereocenters. The Morgan fingerprint density at radius 1 is 1.20 bits per heavy atom. The van der Waals surface area contributed by atoms with Gasteiger partial charge in [-0.05, 0) is 26.6 Å². The van der Waals surface area contributed by atoms with Gasteiger partial charge in [0.05, 0.1) is 12.0 Å². The molecule has 0 radical (unpaired) electrons. The van der Waals surface area contributed by atoms with Gasteiger partial charge in [0.25, 0.3) is 0 Å². The zero-order chi connectivity index (χ0) is 10.7. The quantitative estimate of drug-likeness (QED) is 0.709. The maximum atomic E-state index is 4.15. The molecule has 0 aliphatic carbocycles. The molecule has 1 saturated heterocycles. The van der Waals surface area contributed by atoms with E-state index in [0.29, 0.717) is 0 Å². The molecule has 1 aliphatic rings. The van der Waals surface area contributed by atoms with Crippen LogP contribution in [-0.4, -0.2) is 52.6 Å². The van der Waals surface area contributed by atoms with Crippen LogP contribution in [0.3, 0.4) is 0 Å². The number of nitrogens with zero attached hydrogens (tertiary/aromatic N) is 4. The molecule has 1 fully saturated rings. The van der Waals surface area contributed by atoms with E-state index in [1.165, 1.54) is 38.3 Å². The molecule has 0 saturated carbocycles. The first-order valence-electron chi connectivity index (χ1n) is 5.62. The van der Waals surface area contributed by atoms with Crippen molar-refractivity contribution < 1.29 is 0 Å². The third-order valence-electron chi connectivity index (χ3n) is 3.11.